The minimum absolute atomic E-state index is 0.569. The second-order valence-corrected chi connectivity index (χ2v) is 3.06. The van der Waals surface area contributed by atoms with E-state index in [-0.39, 0.29) is 0 Å². The number of methoxy groups -OCH3 is 1. The van der Waals surface area contributed by atoms with Gasteiger partial charge in [0, 0.05) is 5.92 Å². The summed E-state index contributed by atoms with van der Waals surface area (Å²) in [5, 5.41) is 0. The average Bonchev–Trinajstić information content (AvgIpc) is 2.04. The number of hydrogen-bond acceptors (Lipinski definition) is 1. The lowest BCUT2D eigenvalue weighted by molar-refractivity contribution is 0.244. The summed E-state index contributed by atoms with van der Waals surface area (Å²) in [6, 6.07) is 0. The Morgan fingerprint density at radius 2 is 2.27 bits per heavy atom. The van der Waals surface area contributed by atoms with Gasteiger partial charge in [0.2, 0.25) is 0 Å². The van der Waals surface area contributed by atoms with Gasteiger partial charge in [-0.15, -0.1) is 0 Å². The smallest absolute Gasteiger partial charge is 0.0986 e. The van der Waals surface area contributed by atoms with Crippen LogP contribution in [0.15, 0.2) is 23.5 Å². The van der Waals surface area contributed by atoms with E-state index < -0.39 is 0 Å². The van der Waals surface area contributed by atoms with Crippen molar-refractivity contribution in [1.29, 1.82) is 0 Å². The minimum Gasteiger partial charge on any atom is -0.501 e. The highest BCUT2D eigenvalue weighted by molar-refractivity contribution is 5.22. The number of allylic oxidation sites excluding steroid dienone is 4. The predicted octanol–water partition coefficient (Wildman–Crippen LogP) is 2.89. The molecule has 0 N–H and O–H groups in total. The van der Waals surface area contributed by atoms with Gasteiger partial charge in [-0.1, -0.05) is 25.5 Å². The van der Waals surface area contributed by atoms with Gasteiger partial charge < -0.3 is 4.74 Å². The molecule has 0 aromatic heterocycles. The molecule has 11 heavy (non-hydrogen) atoms. The summed E-state index contributed by atoms with van der Waals surface area (Å²) < 4.78 is 5.21. The average molecular weight is 152 g/mol. The number of ether oxygens (including phenoxy) is 1. The molecular weight excluding hydrogens is 136 g/mol. The molecule has 1 heteroatoms. The van der Waals surface area contributed by atoms with Crippen LogP contribution in [-0.2, 0) is 4.74 Å². The van der Waals surface area contributed by atoms with Crippen molar-refractivity contribution in [3.8, 4) is 0 Å². The molecule has 1 nitrogen and oxygen atoms in total. The maximum Gasteiger partial charge on any atom is 0.0986 e. The Kier molecular flexibility index (Phi) is 2.75. The fourth-order valence-electron chi connectivity index (χ4n) is 1.46. The molecule has 0 spiro atoms. The van der Waals surface area contributed by atoms with Crippen molar-refractivity contribution in [1.82, 2.24) is 0 Å². The molecule has 1 aliphatic rings. The van der Waals surface area contributed by atoms with Gasteiger partial charge in [-0.05, 0) is 18.9 Å². The Labute approximate surface area is 68.8 Å². The van der Waals surface area contributed by atoms with Crippen LogP contribution in [0.2, 0.25) is 0 Å². The van der Waals surface area contributed by atoms with Gasteiger partial charge in [-0.25, -0.2) is 0 Å². The van der Waals surface area contributed by atoms with Gasteiger partial charge in [-0.3, -0.25) is 0 Å². The Bertz CT molecular complexity index is 189. The zero-order valence-electron chi connectivity index (χ0n) is 7.55. The van der Waals surface area contributed by atoms with Crippen molar-refractivity contribution in [3.63, 3.8) is 0 Å². The van der Waals surface area contributed by atoms with Crippen molar-refractivity contribution < 1.29 is 4.74 Å². The van der Waals surface area contributed by atoms with Crippen LogP contribution >= 0.6 is 0 Å². The van der Waals surface area contributed by atoms with Crippen molar-refractivity contribution in [2.75, 3.05) is 7.11 Å². The zero-order chi connectivity index (χ0) is 8.27. The summed E-state index contributed by atoms with van der Waals surface area (Å²) >= 11 is 0. The van der Waals surface area contributed by atoms with Crippen LogP contribution in [0.25, 0.3) is 0 Å². The van der Waals surface area contributed by atoms with Crippen molar-refractivity contribution >= 4 is 0 Å². The lowest BCUT2D eigenvalue weighted by atomic mass is 9.93. The molecule has 0 amide bonds. The second-order valence-electron chi connectivity index (χ2n) is 3.06. The van der Waals surface area contributed by atoms with E-state index in [1.54, 1.807) is 7.11 Å². The standard InChI is InChI=1S/C10H16O/c1-4-9-5-6-10(11-3)8(2)7-9/h5-6,8H,4,7H2,1-3H3. The molecule has 1 atom stereocenters. The highest BCUT2D eigenvalue weighted by atomic mass is 16.5. The lowest BCUT2D eigenvalue weighted by Crippen LogP contribution is -2.06. The third-order valence-corrected chi connectivity index (χ3v) is 2.23. The van der Waals surface area contributed by atoms with Crippen LogP contribution in [0.3, 0.4) is 0 Å². The van der Waals surface area contributed by atoms with E-state index in [0.717, 1.165) is 18.6 Å². The quantitative estimate of drug-likeness (QED) is 0.591. The van der Waals surface area contributed by atoms with Gasteiger partial charge >= 0.3 is 0 Å². The molecule has 0 aromatic rings. The Hall–Kier alpha value is -0.720. The third-order valence-electron chi connectivity index (χ3n) is 2.23. The van der Waals surface area contributed by atoms with Crippen LogP contribution in [0.5, 0.6) is 0 Å². The van der Waals surface area contributed by atoms with Crippen molar-refractivity contribution in [3.05, 3.63) is 23.5 Å². The van der Waals surface area contributed by atoms with Gasteiger partial charge in [0.05, 0.1) is 12.9 Å². The van der Waals surface area contributed by atoms with E-state index in [1.807, 2.05) is 0 Å². The fourth-order valence-corrected chi connectivity index (χ4v) is 1.46. The molecule has 1 aliphatic carbocycles. The van der Waals surface area contributed by atoms with E-state index in [2.05, 4.69) is 26.0 Å². The predicted molar refractivity (Wildman–Crippen MR) is 47.2 cm³/mol. The van der Waals surface area contributed by atoms with Crippen molar-refractivity contribution in [2.24, 2.45) is 5.92 Å². The number of hydrogen-bond donors (Lipinski definition) is 0. The van der Waals surface area contributed by atoms with Crippen LogP contribution in [0.1, 0.15) is 26.7 Å². The fraction of sp³-hybridized carbons (Fsp3) is 0.600. The van der Waals surface area contributed by atoms with E-state index in [9.17, 15) is 0 Å². The Balaban J connectivity index is 2.69. The monoisotopic (exact) mass is 152 g/mol. The maximum absolute atomic E-state index is 5.21. The van der Waals surface area contributed by atoms with E-state index >= 15 is 0 Å². The first-order valence-corrected chi connectivity index (χ1v) is 4.21. The largest absolute Gasteiger partial charge is 0.501 e. The highest BCUT2D eigenvalue weighted by Crippen LogP contribution is 2.26. The van der Waals surface area contributed by atoms with Crippen LogP contribution in [-0.4, -0.2) is 7.11 Å². The second kappa shape index (κ2) is 3.61. The van der Waals surface area contributed by atoms with Gasteiger partial charge in [-0.2, -0.15) is 0 Å². The van der Waals surface area contributed by atoms with E-state index in [0.29, 0.717) is 5.92 Å². The Morgan fingerprint density at radius 1 is 1.55 bits per heavy atom. The minimum atomic E-state index is 0.569. The topological polar surface area (TPSA) is 9.23 Å². The molecule has 1 unspecified atom stereocenters. The first-order chi connectivity index (χ1) is 5.27. The maximum atomic E-state index is 5.21. The lowest BCUT2D eigenvalue weighted by Gasteiger charge is -2.19. The van der Waals surface area contributed by atoms with E-state index in [1.165, 1.54) is 5.57 Å². The number of rotatable bonds is 2. The van der Waals surface area contributed by atoms with Crippen molar-refractivity contribution in [2.45, 2.75) is 26.7 Å². The molecule has 1 rings (SSSR count). The summed E-state index contributed by atoms with van der Waals surface area (Å²) in [6.07, 6.45) is 6.60. The highest BCUT2D eigenvalue weighted by Gasteiger charge is 2.13. The molecule has 0 fully saturated rings. The first kappa shape index (κ1) is 8.38. The van der Waals surface area contributed by atoms with Crippen LogP contribution < -0.4 is 0 Å². The SMILES string of the molecule is CCC1=CC=C(OC)C(C)C1. The van der Waals surface area contributed by atoms with Crippen LogP contribution in [0, 0.1) is 5.92 Å². The van der Waals surface area contributed by atoms with Gasteiger partial charge in [0.25, 0.3) is 0 Å². The molecule has 0 bridgehead atoms. The summed E-state index contributed by atoms with van der Waals surface area (Å²) in [4.78, 5) is 0. The summed E-state index contributed by atoms with van der Waals surface area (Å²) in [7, 11) is 1.74. The van der Waals surface area contributed by atoms with Gasteiger partial charge in [0.15, 0.2) is 0 Å². The third kappa shape index (κ3) is 1.86. The van der Waals surface area contributed by atoms with Crippen LogP contribution in [0.4, 0.5) is 0 Å². The zero-order valence-corrected chi connectivity index (χ0v) is 7.55. The molecular formula is C10H16O. The summed E-state index contributed by atoms with van der Waals surface area (Å²) in [6.45, 7) is 4.40. The molecule has 0 saturated carbocycles. The molecule has 0 saturated heterocycles. The Morgan fingerprint density at radius 3 is 2.73 bits per heavy atom. The molecule has 0 radical (unpaired) electrons. The molecule has 0 heterocycles. The summed E-state index contributed by atoms with van der Waals surface area (Å²) in [5.41, 5.74) is 1.53. The molecule has 0 aromatic carbocycles. The van der Waals surface area contributed by atoms with Gasteiger partial charge in [0.1, 0.15) is 0 Å². The summed E-state index contributed by atoms with van der Waals surface area (Å²) in [5.74, 6) is 1.68. The molecule has 0 aliphatic heterocycles. The normalized spacial score (nSPS) is 24.1. The first-order valence-electron chi connectivity index (χ1n) is 4.21. The van der Waals surface area contributed by atoms with E-state index in [4.69, 9.17) is 4.74 Å². The molecule has 62 valence electrons.